The lowest BCUT2D eigenvalue weighted by atomic mass is 10.1. The number of nitrogens with one attached hydrogen (secondary N) is 2. The van der Waals surface area contributed by atoms with Crippen LogP contribution in [0.3, 0.4) is 0 Å². The van der Waals surface area contributed by atoms with Crippen molar-refractivity contribution in [2.75, 3.05) is 65.6 Å². The van der Waals surface area contributed by atoms with Gasteiger partial charge in [-0.05, 0) is 18.6 Å². The van der Waals surface area contributed by atoms with Crippen molar-refractivity contribution < 1.29 is 28.5 Å². The quantitative estimate of drug-likeness (QED) is 0.292. The van der Waals surface area contributed by atoms with Crippen LogP contribution in [0.4, 0.5) is 4.79 Å². The number of alkyl carbamates (subject to hydrolysis) is 1. The summed E-state index contributed by atoms with van der Waals surface area (Å²) in [6, 6.07) is 0. The van der Waals surface area contributed by atoms with Crippen LogP contribution < -0.4 is 10.6 Å². The first-order chi connectivity index (χ1) is 14.3. The maximum Gasteiger partial charge on any atom is 0.407 e. The molecule has 2 N–H and O–H groups in total. The molecule has 2 amide bonds. The van der Waals surface area contributed by atoms with Gasteiger partial charge in [-0.25, -0.2) is 4.79 Å². The topological polar surface area (TPSA) is 95.1 Å². The average Bonchev–Trinajstić information content (AvgIpc) is 2.69. The van der Waals surface area contributed by atoms with Crippen LogP contribution in [-0.2, 0) is 23.7 Å². The van der Waals surface area contributed by atoms with E-state index in [9.17, 15) is 9.59 Å². The van der Waals surface area contributed by atoms with Gasteiger partial charge in [0, 0.05) is 24.3 Å². The molecule has 8 nitrogen and oxygen atoms in total. The van der Waals surface area contributed by atoms with Crippen molar-refractivity contribution in [3.05, 3.63) is 0 Å². The summed E-state index contributed by atoms with van der Waals surface area (Å²) < 4.78 is 21.3. The standard InChI is InChI=1S/C21H42N2O6S/c1-6-7-18(2)17-29-20(25)23-9-11-27-13-15-28-14-12-26-10-8-22-19(24)16-21(3,4)30-5/h18H,6-17H2,1-5H3,(H,22,24)(H,23,25). The van der Waals surface area contributed by atoms with Gasteiger partial charge in [0.25, 0.3) is 0 Å². The fourth-order valence-electron chi connectivity index (χ4n) is 2.40. The number of amides is 2. The number of carbonyl (C=O) groups is 2. The first kappa shape index (κ1) is 29.0. The van der Waals surface area contributed by atoms with Gasteiger partial charge in [-0.1, -0.05) is 34.1 Å². The summed E-state index contributed by atoms with van der Waals surface area (Å²) in [6.45, 7) is 12.4. The summed E-state index contributed by atoms with van der Waals surface area (Å²) in [7, 11) is 0. The Balaban J connectivity index is 3.33. The van der Waals surface area contributed by atoms with Crippen LogP contribution in [0.1, 0.15) is 47.0 Å². The van der Waals surface area contributed by atoms with Crippen LogP contribution in [0, 0.1) is 5.92 Å². The van der Waals surface area contributed by atoms with Gasteiger partial charge < -0.3 is 29.6 Å². The zero-order chi connectivity index (χ0) is 22.7. The molecule has 9 heteroatoms. The zero-order valence-corrected chi connectivity index (χ0v) is 20.2. The molecule has 1 unspecified atom stereocenters. The first-order valence-corrected chi connectivity index (χ1v) is 12.0. The summed E-state index contributed by atoms with van der Waals surface area (Å²) in [5, 5.41) is 5.51. The van der Waals surface area contributed by atoms with Crippen LogP contribution in [0.25, 0.3) is 0 Å². The van der Waals surface area contributed by atoms with E-state index in [-0.39, 0.29) is 10.7 Å². The van der Waals surface area contributed by atoms with Crippen molar-refractivity contribution in [2.24, 2.45) is 5.92 Å². The minimum atomic E-state index is -0.404. The predicted molar refractivity (Wildman–Crippen MR) is 121 cm³/mol. The third kappa shape index (κ3) is 19.0. The number of hydrogen-bond acceptors (Lipinski definition) is 7. The molecular formula is C21H42N2O6S. The van der Waals surface area contributed by atoms with E-state index < -0.39 is 6.09 Å². The Morgan fingerprint density at radius 1 is 0.933 bits per heavy atom. The van der Waals surface area contributed by atoms with Crippen LogP contribution in [0.2, 0.25) is 0 Å². The number of hydrogen-bond donors (Lipinski definition) is 2. The number of thioether (sulfide) groups is 1. The lowest BCUT2D eigenvalue weighted by Crippen LogP contribution is -2.32. The molecule has 0 fully saturated rings. The van der Waals surface area contributed by atoms with Crippen LogP contribution in [0.15, 0.2) is 0 Å². The van der Waals surface area contributed by atoms with Crippen molar-refractivity contribution in [2.45, 2.75) is 51.7 Å². The molecule has 178 valence electrons. The van der Waals surface area contributed by atoms with Crippen molar-refractivity contribution in [1.29, 1.82) is 0 Å². The largest absolute Gasteiger partial charge is 0.449 e. The highest BCUT2D eigenvalue weighted by atomic mass is 32.2. The normalized spacial score (nSPS) is 12.4. The summed E-state index contributed by atoms with van der Waals surface area (Å²) >= 11 is 1.68. The predicted octanol–water partition coefficient (Wildman–Crippen LogP) is 2.85. The summed E-state index contributed by atoms with van der Waals surface area (Å²) in [6.07, 6.45) is 4.23. The van der Waals surface area contributed by atoms with E-state index in [1.165, 1.54) is 0 Å². The van der Waals surface area contributed by atoms with E-state index in [0.717, 1.165) is 12.8 Å². The molecule has 0 aliphatic heterocycles. The lowest BCUT2D eigenvalue weighted by Gasteiger charge is -2.20. The zero-order valence-electron chi connectivity index (χ0n) is 19.4. The minimum absolute atomic E-state index is 0.0418. The Labute approximate surface area is 186 Å². The minimum Gasteiger partial charge on any atom is -0.449 e. The first-order valence-electron chi connectivity index (χ1n) is 10.8. The molecular weight excluding hydrogens is 408 g/mol. The van der Waals surface area contributed by atoms with Crippen LogP contribution >= 0.6 is 11.8 Å². The monoisotopic (exact) mass is 450 g/mol. The molecule has 1 atom stereocenters. The van der Waals surface area contributed by atoms with E-state index in [0.29, 0.717) is 71.7 Å². The molecule has 0 radical (unpaired) electrons. The molecule has 0 aliphatic rings. The molecule has 0 aromatic rings. The van der Waals surface area contributed by atoms with Crippen LogP contribution in [-0.4, -0.2) is 82.3 Å². The van der Waals surface area contributed by atoms with Gasteiger partial charge in [0.05, 0.1) is 46.2 Å². The van der Waals surface area contributed by atoms with E-state index in [2.05, 4.69) is 38.3 Å². The number of rotatable bonds is 19. The van der Waals surface area contributed by atoms with Gasteiger partial charge in [0.2, 0.25) is 5.91 Å². The van der Waals surface area contributed by atoms with Gasteiger partial charge in [0.1, 0.15) is 0 Å². The Morgan fingerprint density at radius 2 is 1.47 bits per heavy atom. The van der Waals surface area contributed by atoms with Crippen LogP contribution in [0.5, 0.6) is 0 Å². The molecule has 0 bridgehead atoms. The third-order valence-electron chi connectivity index (χ3n) is 4.25. The third-order valence-corrected chi connectivity index (χ3v) is 5.50. The molecule has 0 saturated heterocycles. The second-order valence-electron chi connectivity index (χ2n) is 7.75. The highest BCUT2D eigenvalue weighted by molar-refractivity contribution is 7.99. The van der Waals surface area contributed by atoms with Gasteiger partial charge in [-0.3, -0.25) is 4.79 Å². The van der Waals surface area contributed by atoms with E-state index >= 15 is 0 Å². The Hall–Kier alpha value is -1.03. The lowest BCUT2D eigenvalue weighted by molar-refractivity contribution is -0.121. The maximum absolute atomic E-state index is 11.8. The molecule has 0 aromatic carbocycles. The van der Waals surface area contributed by atoms with Gasteiger partial charge >= 0.3 is 6.09 Å². The highest BCUT2D eigenvalue weighted by Crippen LogP contribution is 2.24. The highest BCUT2D eigenvalue weighted by Gasteiger charge is 2.19. The molecule has 0 aliphatic carbocycles. The fourth-order valence-corrected chi connectivity index (χ4v) is 2.67. The van der Waals surface area contributed by atoms with Crippen molar-refractivity contribution in [1.82, 2.24) is 10.6 Å². The van der Waals surface area contributed by atoms with Crippen molar-refractivity contribution in [3.63, 3.8) is 0 Å². The second-order valence-corrected chi connectivity index (χ2v) is 9.26. The van der Waals surface area contributed by atoms with Crippen molar-refractivity contribution >= 4 is 23.8 Å². The fraction of sp³-hybridized carbons (Fsp3) is 0.905. The molecule has 0 rings (SSSR count). The second kappa shape index (κ2) is 18.7. The van der Waals surface area contributed by atoms with E-state index in [1.54, 1.807) is 11.8 Å². The Kier molecular flexibility index (Phi) is 18.1. The Bertz CT molecular complexity index is 451. The average molecular weight is 451 g/mol. The number of carbonyl (C=O) groups excluding carboxylic acids is 2. The van der Waals surface area contributed by atoms with E-state index in [4.69, 9.17) is 18.9 Å². The summed E-state index contributed by atoms with van der Waals surface area (Å²) in [5.41, 5.74) is 0. The van der Waals surface area contributed by atoms with Crippen molar-refractivity contribution in [3.8, 4) is 0 Å². The SMILES string of the molecule is CCCC(C)COC(=O)NCCOCCOCCOCCNC(=O)CC(C)(C)SC. The van der Waals surface area contributed by atoms with Gasteiger partial charge in [-0.2, -0.15) is 11.8 Å². The van der Waals surface area contributed by atoms with E-state index in [1.807, 2.05) is 6.26 Å². The summed E-state index contributed by atoms with van der Waals surface area (Å²) in [4.78, 5) is 23.3. The van der Waals surface area contributed by atoms with Gasteiger partial charge in [-0.15, -0.1) is 0 Å². The molecule has 0 saturated carbocycles. The molecule has 0 spiro atoms. The smallest absolute Gasteiger partial charge is 0.407 e. The number of ether oxygens (including phenoxy) is 4. The molecule has 0 heterocycles. The molecule has 30 heavy (non-hydrogen) atoms. The maximum atomic E-state index is 11.8. The summed E-state index contributed by atoms with van der Waals surface area (Å²) in [5.74, 6) is 0.425. The molecule has 0 aromatic heterocycles. The van der Waals surface area contributed by atoms with Gasteiger partial charge in [0.15, 0.2) is 0 Å². The Morgan fingerprint density at radius 3 is 2.00 bits per heavy atom.